The van der Waals surface area contributed by atoms with Crippen molar-refractivity contribution in [2.24, 2.45) is 5.41 Å². The third-order valence-corrected chi connectivity index (χ3v) is 5.93. The van der Waals surface area contributed by atoms with Crippen LogP contribution in [0.2, 0.25) is 0 Å². The Kier molecular flexibility index (Phi) is 3.99. The number of likely N-dealkylation sites (N-methyl/N-ethyl adjacent to an activating group) is 1. The maximum Gasteiger partial charge on any atom is 0.185 e. The lowest BCUT2D eigenvalue weighted by Gasteiger charge is -2.53. The summed E-state index contributed by atoms with van der Waals surface area (Å²) in [4.78, 5) is 9.18. The van der Waals surface area contributed by atoms with Crippen LogP contribution in [-0.4, -0.2) is 59.4 Å². The summed E-state index contributed by atoms with van der Waals surface area (Å²) in [5.41, 5.74) is 0.821. The number of aromatic nitrogens is 1. The number of anilines is 1. The van der Waals surface area contributed by atoms with Crippen molar-refractivity contribution >= 4 is 16.5 Å². The largest absolute Gasteiger partial charge is 0.396 e. The fourth-order valence-electron chi connectivity index (χ4n) is 3.70. The summed E-state index contributed by atoms with van der Waals surface area (Å²) in [7, 11) is 2.17. The smallest absolute Gasteiger partial charge is 0.185 e. The van der Waals surface area contributed by atoms with Crippen LogP contribution in [0.3, 0.4) is 0 Å². The Morgan fingerprint density at radius 2 is 2.25 bits per heavy atom. The first kappa shape index (κ1) is 14.3. The molecule has 3 heterocycles. The van der Waals surface area contributed by atoms with Crippen molar-refractivity contribution in [2.75, 3.05) is 38.2 Å². The number of hydrogen-bond acceptors (Lipinski definition) is 6. The zero-order chi connectivity index (χ0) is 14.2. The molecule has 1 aromatic rings. The normalized spacial score (nSPS) is 31.4. The molecule has 0 unspecified atom stereocenters. The van der Waals surface area contributed by atoms with Gasteiger partial charge in [-0.1, -0.05) is 0 Å². The summed E-state index contributed by atoms with van der Waals surface area (Å²) in [5, 5.41) is 22.0. The molecule has 2 saturated heterocycles. The molecule has 0 radical (unpaired) electrons. The quantitative estimate of drug-likeness (QED) is 0.869. The number of aliphatic hydroxyl groups excluding tert-OH is 2. The first-order valence-electron chi connectivity index (χ1n) is 7.30. The van der Waals surface area contributed by atoms with Crippen LogP contribution in [0.15, 0.2) is 5.38 Å². The standard InChI is InChI=1S/C14H23N3O2S/c1-16-5-2-3-14(10-19)4-6-17(7-12(14)16)13-15-11(8-18)9-20-13/h9,12,18-19H,2-8,10H2,1H3/t12-,14-/m1/s1. The van der Waals surface area contributed by atoms with Crippen molar-refractivity contribution in [2.45, 2.75) is 31.9 Å². The summed E-state index contributed by atoms with van der Waals surface area (Å²) in [5.74, 6) is 0. The van der Waals surface area contributed by atoms with Gasteiger partial charge in [-0.2, -0.15) is 0 Å². The Morgan fingerprint density at radius 1 is 1.40 bits per heavy atom. The zero-order valence-corrected chi connectivity index (χ0v) is 12.8. The Bertz CT molecular complexity index is 467. The SMILES string of the molecule is CN1CCC[C@]2(CO)CCN(c3nc(CO)cs3)C[C@@H]12. The van der Waals surface area contributed by atoms with Gasteiger partial charge in [0.05, 0.1) is 18.9 Å². The van der Waals surface area contributed by atoms with Crippen molar-refractivity contribution in [3.63, 3.8) is 0 Å². The van der Waals surface area contributed by atoms with Gasteiger partial charge in [-0.25, -0.2) is 4.98 Å². The van der Waals surface area contributed by atoms with E-state index in [0.29, 0.717) is 6.04 Å². The van der Waals surface area contributed by atoms with Crippen LogP contribution in [0.1, 0.15) is 25.0 Å². The second kappa shape index (κ2) is 5.60. The minimum atomic E-state index is 0.00818. The lowest BCUT2D eigenvalue weighted by atomic mass is 9.69. The molecule has 0 aromatic carbocycles. The summed E-state index contributed by atoms with van der Waals surface area (Å²) in [6.07, 6.45) is 3.33. The highest BCUT2D eigenvalue weighted by Gasteiger charge is 2.46. The van der Waals surface area contributed by atoms with Gasteiger partial charge in [0.1, 0.15) is 0 Å². The molecule has 20 heavy (non-hydrogen) atoms. The predicted octanol–water partition coefficient (Wildman–Crippen LogP) is 0.918. The van der Waals surface area contributed by atoms with Crippen LogP contribution >= 0.6 is 11.3 Å². The average Bonchev–Trinajstić information content (AvgIpc) is 2.96. The van der Waals surface area contributed by atoms with Gasteiger partial charge in [0, 0.05) is 29.9 Å². The number of nitrogens with zero attached hydrogens (tertiary/aromatic N) is 3. The van der Waals surface area contributed by atoms with Gasteiger partial charge in [-0.15, -0.1) is 11.3 Å². The van der Waals surface area contributed by atoms with Crippen LogP contribution in [0, 0.1) is 5.41 Å². The molecule has 1 aromatic heterocycles. The van der Waals surface area contributed by atoms with Crippen molar-refractivity contribution < 1.29 is 10.2 Å². The van der Waals surface area contributed by atoms with E-state index in [9.17, 15) is 5.11 Å². The molecule has 0 aliphatic carbocycles. The fourth-order valence-corrected chi connectivity index (χ4v) is 4.56. The number of rotatable bonds is 3. The summed E-state index contributed by atoms with van der Waals surface area (Å²) in [6, 6.07) is 0.400. The van der Waals surface area contributed by atoms with Gasteiger partial charge < -0.3 is 20.0 Å². The monoisotopic (exact) mass is 297 g/mol. The highest BCUT2D eigenvalue weighted by atomic mass is 32.1. The summed E-state index contributed by atoms with van der Waals surface area (Å²) >= 11 is 1.60. The summed E-state index contributed by atoms with van der Waals surface area (Å²) < 4.78 is 0. The molecule has 0 amide bonds. The molecule has 3 rings (SSSR count). The molecule has 0 spiro atoms. The third-order valence-electron chi connectivity index (χ3n) is 4.98. The zero-order valence-electron chi connectivity index (χ0n) is 12.0. The maximum absolute atomic E-state index is 9.90. The lowest BCUT2D eigenvalue weighted by molar-refractivity contribution is -0.0276. The number of piperidine rings is 2. The van der Waals surface area contributed by atoms with Gasteiger partial charge in [0.15, 0.2) is 5.13 Å². The molecule has 0 bridgehead atoms. The fraction of sp³-hybridized carbons (Fsp3) is 0.786. The van der Waals surface area contributed by atoms with Crippen LogP contribution < -0.4 is 4.90 Å². The van der Waals surface area contributed by atoms with Gasteiger partial charge >= 0.3 is 0 Å². The van der Waals surface area contributed by atoms with E-state index in [1.54, 1.807) is 11.3 Å². The van der Waals surface area contributed by atoms with Crippen LogP contribution in [0.4, 0.5) is 5.13 Å². The second-order valence-electron chi connectivity index (χ2n) is 6.10. The molecular formula is C14H23N3O2S. The molecule has 112 valence electrons. The topological polar surface area (TPSA) is 59.8 Å². The Morgan fingerprint density at radius 3 is 2.95 bits per heavy atom. The van der Waals surface area contributed by atoms with Crippen molar-refractivity contribution in [3.05, 3.63) is 11.1 Å². The van der Waals surface area contributed by atoms with Gasteiger partial charge in [-0.05, 0) is 32.9 Å². The van der Waals surface area contributed by atoms with Crippen molar-refractivity contribution in [1.82, 2.24) is 9.88 Å². The minimum absolute atomic E-state index is 0.00818. The van der Waals surface area contributed by atoms with Gasteiger partial charge in [0.2, 0.25) is 0 Å². The highest BCUT2D eigenvalue weighted by Crippen LogP contribution is 2.42. The molecule has 2 aliphatic heterocycles. The second-order valence-corrected chi connectivity index (χ2v) is 6.93. The number of hydrogen-bond donors (Lipinski definition) is 2. The van der Waals surface area contributed by atoms with E-state index in [1.165, 1.54) is 6.42 Å². The first-order valence-corrected chi connectivity index (χ1v) is 8.18. The number of thiazole rings is 1. The van der Waals surface area contributed by atoms with Crippen molar-refractivity contribution in [3.8, 4) is 0 Å². The van der Waals surface area contributed by atoms with Crippen LogP contribution in [-0.2, 0) is 6.61 Å². The minimum Gasteiger partial charge on any atom is -0.396 e. The molecule has 2 N–H and O–H groups in total. The third kappa shape index (κ3) is 2.35. The van der Waals surface area contributed by atoms with E-state index >= 15 is 0 Å². The summed E-state index contributed by atoms with van der Waals surface area (Å²) in [6.45, 7) is 3.28. The molecular weight excluding hydrogens is 274 g/mol. The Hall–Kier alpha value is -0.690. The highest BCUT2D eigenvalue weighted by molar-refractivity contribution is 7.13. The Balaban J connectivity index is 1.79. The van der Waals surface area contributed by atoms with Crippen LogP contribution in [0.25, 0.3) is 0 Å². The van der Waals surface area contributed by atoms with Crippen LogP contribution in [0.5, 0.6) is 0 Å². The molecule has 5 nitrogen and oxygen atoms in total. The predicted molar refractivity (Wildman–Crippen MR) is 80.0 cm³/mol. The van der Waals surface area contributed by atoms with E-state index in [2.05, 4.69) is 21.8 Å². The van der Waals surface area contributed by atoms with E-state index in [4.69, 9.17) is 5.11 Å². The van der Waals surface area contributed by atoms with E-state index < -0.39 is 0 Å². The van der Waals surface area contributed by atoms with Gasteiger partial charge in [0.25, 0.3) is 0 Å². The molecule has 0 saturated carbocycles. The number of fused-ring (bicyclic) bond motifs is 1. The Labute approximate surface area is 123 Å². The molecule has 6 heteroatoms. The van der Waals surface area contributed by atoms with Crippen molar-refractivity contribution in [1.29, 1.82) is 0 Å². The van der Waals surface area contributed by atoms with Gasteiger partial charge in [-0.3, -0.25) is 0 Å². The van der Waals surface area contributed by atoms with E-state index in [-0.39, 0.29) is 18.6 Å². The number of likely N-dealkylation sites (tertiary alicyclic amines) is 1. The van der Waals surface area contributed by atoms with E-state index in [1.807, 2.05) is 5.38 Å². The average molecular weight is 297 g/mol. The molecule has 2 atom stereocenters. The maximum atomic E-state index is 9.90. The first-order chi connectivity index (χ1) is 9.68. The molecule has 2 fully saturated rings. The number of aliphatic hydroxyl groups is 2. The lowest BCUT2D eigenvalue weighted by Crippen LogP contribution is -2.61. The molecule has 2 aliphatic rings. The van der Waals surface area contributed by atoms with E-state index in [0.717, 1.165) is 43.3 Å².